The van der Waals surface area contributed by atoms with Crippen LogP contribution in [0.15, 0.2) is 67.0 Å². The van der Waals surface area contributed by atoms with Crippen molar-refractivity contribution in [3.8, 4) is 5.69 Å². The molecule has 0 aliphatic carbocycles. The molecule has 1 fully saturated rings. The van der Waals surface area contributed by atoms with Crippen LogP contribution in [0.2, 0.25) is 0 Å². The minimum Gasteiger partial charge on any atom is -0.352 e. The lowest BCUT2D eigenvalue weighted by Crippen LogP contribution is -2.31. The first-order valence-corrected chi connectivity index (χ1v) is 10.3. The van der Waals surface area contributed by atoms with E-state index in [1.807, 2.05) is 18.3 Å². The fraction of sp³-hybridized carbons (Fsp3) is 0.304. The summed E-state index contributed by atoms with van der Waals surface area (Å²) >= 11 is 5.74. The summed E-state index contributed by atoms with van der Waals surface area (Å²) in [7, 11) is 0. The van der Waals surface area contributed by atoms with E-state index in [0.717, 1.165) is 30.2 Å². The number of thiocarbonyl (C=S) groups is 1. The highest BCUT2D eigenvalue weighted by Gasteiger charge is 2.40. The van der Waals surface area contributed by atoms with Gasteiger partial charge in [0.1, 0.15) is 0 Å². The van der Waals surface area contributed by atoms with Gasteiger partial charge in [0.25, 0.3) is 0 Å². The van der Waals surface area contributed by atoms with Crippen LogP contribution in [-0.4, -0.2) is 26.1 Å². The molecular formula is C23H26N4S. The van der Waals surface area contributed by atoms with Crippen LogP contribution >= 0.6 is 12.2 Å². The molecule has 5 heteroatoms. The lowest BCUT2D eigenvalue weighted by Gasteiger charge is -2.29. The summed E-state index contributed by atoms with van der Waals surface area (Å²) in [6.45, 7) is 5.28. The van der Waals surface area contributed by atoms with E-state index in [-0.39, 0.29) is 12.1 Å². The number of nitrogens with zero attached hydrogens (tertiary/aromatic N) is 3. The van der Waals surface area contributed by atoms with Gasteiger partial charge in [0.05, 0.1) is 17.8 Å². The van der Waals surface area contributed by atoms with Crippen molar-refractivity contribution in [3.63, 3.8) is 0 Å². The third-order valence-corrected chi connectivity index (χ3v) is 5.67. The second-order valence-corrected chi connectivity index (χ2v) is 7.70. The Bertz CT molecular complexity index is 950. The SMILES string of the molecule is CCCCN1C(=S)N[C@@H](c2ccccn2)[C@H]1c1cccn1-c1cccc(C)c1. The number of hydrogen-bond donors (Lipinski definition) is 1. The quantitative estimate of drug-likeness (QED) is 0.604. The molecule has 1 saturated heterocycles. The van der Waals surface area contributed by atoms with E-state index in [1.165, 1.54) is 16.9 Å². The predicted octanol–water partition coefficient (Wildman–Crippen LogP) is 4.95. The Hall–Kier alpha value is -2.66. The fourth-order valence-electron chi connectivity index (χ4n) is 3.94. The molecule has 4 rings (SSSR count). The van der Waals surface area contributed by atoms with Crippen molar-refractivity contribution in [1.29, 1.82) is 0 Å². The normalized spacial score (nSPS) is 19.1. The highest BCUT2D eigenvalue weighted by Crippen LogP contribution is 2.39. The van der Waals surface area contributed by atoms with Crippen molar-refractivity contribution in [3.05, 3.63) is 83.9 Å². The Morgan fingerprint density at radius 3 is 2.75 bits per heavy atom. The third kappa shape index (κ3) is 3.54. The van der Waals surface area contributed by atoms with E-state index >= 15 is 0 Å². The van der Waals surface area contributed by atoms with Gasteiger partial charge in [-0.3, -0.25) is 4.98 Å². The van der Waals surface area contributed by atoms with Gasteiger partial charge in [-0.25, -0.2) is 0 Å². The van der Waals surface area contributed by atoms with Crippen LogP contribution in [0.3, 0.4) is 0 Å². The Morgan fingerprint density at radius 1 is 1.11 bits per heavy atom. The average molecular weight is 391 g/mol. The van der Waals surface area contributed by atoms with Gasteiger partial charge in [-0.05, 0) is 67.5 Å². The molecule has 4 nitrogen and oxygen atoms in total. The molecule has 1 aromatic carbocycles. The van der Waals surface area contributed by atoms with Gasteiger partial charge in [-0.1, -0.05) is 31.5 Å². The zero-order valence-electron chi connectivity index (χ0n) is 16.4. The highest BCUT2D eigenvalue weighted by molar-refractivity contribution is 7.80. The van der Waals surface area contributed by atoms with E-state index in [4.69, 9.17) is 12.2 Å². The molecule has 3 aromatic rings. The minimum atomic E-state index is 0.0315. The van der Waals surface area contributed by atoms with Crippen molar-refractivity contribution in [2.75, 3.05) is 6.54 Å². The number of rotatable bonds is 6. The van der Waals surface area contributed by atoms with Crippen molar-refractivity contribution in [2.24, 2.45) is 0 Å². The Balaban J connectivity index is 1.79. The van der Waals surface area contributed by atoms with Crippen molar-refractivity contribution >= 4 is 17.3 Å². The molecule has 0 saturated carbocycles. The smallest absolute Gasteiger partial charge is 0.170 e. The van der Waals surface area contributed by atoms with Crippen LogP contribution in [0.25, 0.3) is 5.69 Å². The molecule has 0 spiro atoms. The zero-order chi connectivity index (χ0) is 19.5. The molecule has 2 atom stereocenters. The van der Waals surface area contributed by atoms with Gasteiger partial charge in [0.15, 0.2) is 5.11 Å². The summed E-state index contributed by atoms with van der Waals surface area (Å²) in [4.78, 5) is 6.96. The maximum Gasteiger partial charge on any atom is 0.170 e. The molecule has 0 unspecified atom stereocenters. The largest absolute Gasteiger partial charge is 0.352 e. The number of benzene rings is 1. The van der Waals surface area contributed by atoms with E-state index in [1.54, 1.807) is 0 Å². The van der Waals surface area contributed by atoms with Crippen LogP contribution in [0.5, 0.6) is 0 Å². The van der Waals surface area contributed by atoms with E-state index in [9.17, 15) is 0 Å². The monoisotopic (exact) mass is 390 g/mol. The lowest BCUT2D eigenvalue weighted by atomic mass is 10.0. The lowest BCUT2D eigenvalue weighted by molar-refractivity contribution is 0.304. The van der Waals surface area contributed by atoms with Gasteiger partial charge >= 0.3 is 0 Å². The zero-order valence-corrected chi connectivity index (χ0v) is 17.2. The molecule has 1 aliphatic heterocycles. The van der Waals surface area contributed by atoms with E-state index in [2.05, 4.69) is 82.3 Å². The first-order chi connectivity index (χ1) is 13.7. The fourth-order valence-corrected chi connectivity index (χ4v) is 4.28. The number of nitrogens with one attached hydrogen (secondary N) is 1. The van der Waals surface area contributed by atoms with Crippen molar-refractivity contribution in [1.82, 2.24) is 19.8 Å². The average Bonchev–Trinajstić information content (AvgIpc) is 3.31. The minimum absolute atomic E-state index is 0.0315. The Labute approximate surface area is 172 Å². The van der Waals surface area contributed by atoms with Crippen LogP contribution in [0.4, 0.5) is 0 Å². The van der Waals surface area contributed by atoms with E-state index in [0.29, 0.717) is 0 Å². The number of pyridine rings is 1. The second-order valence-electron chi connectivity index (χ2n) is 7.32. The van der Waals surface area contributed by atoms with Gasteiger partial charge in [0.2, 0.25) is 0 Å². The van der Waals surface area contributed by atoms with Gasteiger partial charge in [-0.15, -0.1) is 0 Å². The second kappa shape index (κ2) is 8.15. The molecule has 1 aliphatic rings. The summed E-state index contributed by atoms with van der Waals surface area (Å²) in [5.74, 6) is 0. The van der Waals surface area contributed by atoms with Crippen LogP contribution in [0, 0.1) is 6.92 Å². The molecule has 28 heavy (non-hydrogen) atoms. The Kier molecular flexibility index (Phi) is 5.44. The van der Waals surface area contributed by atoms with Gasteiger partial charge in [0, 0.05) is 30.3 Å². The topological polar surface area (TPSA) is 33.1 Å². The van der Waals surface area contributed by atoms with Gasteiger partial charge in [-0.2, -0.15) is 0 Å². The van der Waals surface area contributed by atoms with Crippen LogP contribution in [0.1, 0.15) is 48.8 Å². The molecular weight excluding hydrogens is 364 g/mol. The maximum atomic E-state index is 5.74. The molecule has 3 heterocycles. The maximum absolute atomic E-state index is 5.74. The van der Waals surface area contributed by atoms with Crippen LogP contribution < -0.4 is 5.32 Å². The summed E-state index contributed by atoms with van der Waals surface area (Å²) in [5.41, 5.74) is 4.67. The van der Waals surface area contributed by atoms with Crippen molar-refractivity contribution in [2.45, 2.75) is 38.8 Å². The molecule has 0 bridgehead atoms. The summed E-state index contributed by atoms with van der Waals surface area (Å²) in [6, 6.07) is 19.1. The highest BCUT2D eigenvalue weighted by atomic mass is 32.1. The number of unbranched alkanes of at least 4 members (excludes halogenated alkanes) is 1. The number of hydrogen-bond acceptors (Lipinski definition) is 2. The van der Waals surface area contributed by atoms with Crippen LogP contribution in [-0.2, 0) is 0 Å². The van der Waals surface area contributed by atoms with E-state index < -0.39 is 0 Å². The number of aryl methyl sites for hydroxylation is 1. The molecule has 0 amide bonds. The first-order valence-electron chi connectivity index (χ1n) is 9.91. The molecule has 2 aromatic heterocycles. The first kappa shape index (κ1) is 18.7. The predicted molar refractivity (Wildman–Crippen MR) is 118 cm³/mol. The summed E-state index contributed by atoms with van der Waals surface area (Å²) in [5, 5.41) is 4.35. The van der Waals surface area contributed by atoms with Crippen molar-refractivity contribution < 1.29 is 0 Å². The molecule has 144 valence electrons. The third-order valence-electron chi connectivity index (χ3n) is 5.31. The van der Waals surface area contributed by atoms with Gasteiger partial charge < -0.3 is 14.8 Å². The summed E-state index contributed by atoms with van der Waals surface area (Å²) in [6.07, 6.45) is 6.24. The summed E-state index contributed by atoms with van der Waals surface area (Å²) < 4.78 is 2.28. The molecule has 0 radical (unpaired) electrons. The number of aromatic nitrogens is 2. The Morgan fingerprint density at radius 2 is 2.00 bits per heavy atom. The standard InChI is InChI=1S/C23H26N4S/c1-3-4-14-27-22(21(25-23(27)28)19-11-5-6-13-24-19)20-12-8-15-26(20)18-10-7-9-17(2)16-18/h5-13,15-16,21-22H,3-4,14H2,1-2H3,(H,25,28)/t21-,22+/m0/s1. The molecule has 1 N–H and O–H groups in total.